The van der Waals surface area contributed by atoms with Gasteiger partial charge in [0.05, 0.1) is 5.56 Å². The number of alkyl halides is 3. The molecule has 3 aromatic rings. The highest BCUT2D eigenvalue weighted by Gasteiger charge is 2.31. The first kappa shape index (κ1) is 24.8. The number of halogens is 3. The Kier molecular flexibility index (Phi) is 7.29. The number of carbonyl (C=O) groups is 2. The fourth-order valence-corrected chi connectivity index (χ4v) is 3.62. The molecule has 0 spiro atoms. The van der Waals surface area contributed by atoms with Gasteiger partial charge in [-0.1, -0.05) is 24.3 Å². The number of benzene rings is 1. The number of hydrogen-bond acceptors (Lipinski definition) is 4. The van der Waals surface area contributed by atoms with Crippen LogP contribution in [0.5, 0.6) is 0 Å². The quantitative estimate of drug-likeness (QED) is 0.420. The first-order valence-corrected chi connectivity index (χ1v) is 10.6. The van der Waals surface area contributed by atoms with Crippen molar-refractivity contribution in [3.63, 3.8) is 0 Å². The lowest BCUT2D eigenvalue weighted by Gasteiger charge is -2.20. The number of pyridine rings is 1. The smallest absolute Gasteiger partial charge is 0.384 e. The monoisotopic (exact) mass is 473 g/mol. The van der Waals surface area contributed by atoms with Gasteiger partial charge in [0, 0.05) is 24.4 Å². The largest absolute Gasteiger partial charge is 0.416 e. The van der Waals surface area contributed by atoms with Gasteiger partial charge < -0.3 is 21.4 Å². The first-order valence-electron chi connectivity index (χ1n) is 10.6. The Bertz CT molecular complexity index is 1200. The number of carbonyl (C=O) groups excluding carboxylic acids is 2. The number of rotatable bonds is 7. The van der Waals surface area contributed by atoms with Gasteiger partial charge in [-0.25, -0.2) is 4.98 Å². The van der Waals surface area contributed by atoms with E-state index in [2.05, 4.69) is 20.6 Å². The number of anilines is 1. The molecule has 0 bridgehead atoms. The van der Waals surface area contributed by atoms with Crippen LogP contribution < -0.4 is 16.4 Å². The van der Waals surface area contributed by atoms with Gasteiger partial charge >= 0.3 is 6.18 Å². The second-order valence-electron chi connectivity index (χ2n) is 8.14. The molecule has 34 heavy (non-hydrogen) atoms. The lowest BCUT2D eigenvalue weighted by molar-refractivity contribution is -0.137. The molecule has 0 aliphatic rings. The third-order valence-electron chi connectivity index (χ3n) is 5.36. The van der Waals surface area contributed by atoms with Crippen molar-refractivity contribution >= 4 is 17.6 Å². The van der Waals surface area contributed by atoms with Crippen molar-refractivity contribution in [1.82, 2.24) is 20.6 Å². The number of aryl methyl sites for hydroxylation is 3. The molecule has 10 heteroatoms. The standard InChI is InChI=1S/C24H26F3N5O2/c1-13-9-14(2)30-21(13)23(34)32-19(11-16-5-4-6-18(10-16)24(25,26)27)22(33)29-12-17-7-8-20(28)31-15(17)3/h4-10,19,30H,11-12H2,1-3H3,(H2,28,31)(H,29,33)(H,32,34)/t19-/m0/s1. The summed E-state index contributed by atoms with van der Waals surface area (Å²) in [4.78, 5) is 33.0. The van der Waals surface area contributed by atoms with Crippen molar-refractivity contribution < 1.29 is 22.8 Å². The zero-order valence-electron chi connectivity index (χ0n) is 19.0. The summed E-state index contributed by atoms with van der Waals surface area (Å²) in [6.07, 6.45) is -4.64. The Hall–Kier alpha value is -3.82. The number of aromatic amines is 1. The lowest BCUT2D eigenvalue weighted by atomic mass is 10.0. The van der Waals surface area contributed by atoms with Crippen LogP contribution >= 0.6 is 0 Å². The van der Waals surface area contributed by atoms with Crippen LogP contribution in [0.1, 0.15) is 44.1 Å². The van der Waals surface area contributed by atoms with E-state index < -0.39 is 29.6 Å². The minimum absolute atomic E-state index is 0.119. The van der Waals surface area contributed by atoms with Crippen LogP contribution in [0.3, 0.4) is 0 Å². The number of nitrogens with one attached hydrogen (secondary N) is 3. The minimum atomic E-state index is -4.52. The summed E-state index contributed by atoms with van der Waals surface area (Å²) < 4.78 is 39.4. The first-order chi connectivity index (χ1) is 15.9. The van der Waals surface area contributed by atoms with E-state index in [1.807, 2.05) is 0 Å². The zero-order chi connectivity index (χ0) is 25.0. The second-order valence-corrected chi connectivity index (χ2v) is 8.14. The normalized spacial score (nSPS) is 12.3. The number of nitrogen functional groups attached to an aromatic ring is 1. The molecule has 180 valence electrons. The van der Waals surface area contributed by atoms with Gasteiger partial charge in [-0.2, -0.15) is 13.2 Å². The number of nitrogens with two attached hydrogens (primary N) is 1. The van der Waals surface area contributed by atoms with Gasteiger partial charge in [0.15, 0.2) is 0 Å². The van der Waals surface area contributed by atoms with E-state index in [-0.39, 0.29) is 24.2 Å². The predicted octanol–water partition coefficient (Wildman–Crippen LogP) is 3.59. The predicted molar refractivity (Wildman–Crippen MR) is 122 cm³/mol. The molecule has 0 aliphatic carbocycles. The van der Waals surface area contributed by atoms with Crippen LogP contribution in [0.4, 0.5) is 19.0 Å². The Labute approximate surface area is 195 Å². The van der Waals surface area contributed by atoms with Gasteiger partial charge in [-0.05, 0) is 55.7 Å². The third-order valence-corrected chi connectivity index (χ3v) is 5.36. The Morgan fingerprint density at radius 1 is 1.12 bits per heavy atom. The highest BCUT2D eigenvalue weighted by Crippen LogP contribution is 2.29. The van der Waals surface area contributed by atoms with Gasteiger partial charge in [-0.3, -0.25) is 9.59 Å². The topological polar surface area (TPSA) is 113 Å². The number of amides is 2. The molecule has 2 amide bonds. The van der Waals surface area contributed by atoms with Crippen molar-refractivity contribution in [2.45, 2.75) is 46.0 Å². The van der Waals surface area contributed by atoms with Crippen molar-refractivity contribution in [3.05, 3.63) is 81.8 Å². The van der Waals surface area contributed by atoms with Crippen molar-refractivity contribution in [3.8, 4) is 0 Å². The molecular formula is C24H26F3N5O2. The summed E-state index contributed by atoms with van der Waals surface area (Å²) in [6.45, 7) is 5.40. The van der Waals surface area contributed by atoms with Crippen molar-refractivity contribution in [2.75, 3.05) is 5.73 Å². The minimum Gasteiger partial charge on any atom is -0.384 e. The van der Waals surface area contributed by atoms with Crippen LogP contribution in [0, 0.1) is 20.8 Å². The lowest BCUT2D eigenvalue weighted by Crippen LogP contribution is -2.48. The molecule has 0 unspecified atom stereocenters. The maximum atomic E-state index is 13.1. The Morgan fingerprint density at radius 2 is 1.85 bits per heavy atom. The molecule has 0 saturated heterocycles. The highest BCUT2D eigenvalue weighted by molar-refractivity contribution is 5.97. The van der Waals surface area contributed by atoms with Crippen LogP contribution in [-0.4, -0.2) is 27.8 Å². The fourth-order valence-electron chi connectivity index (χ4n) is 3.62. The van der Waals surface area contributed by atoms with E-state index in [0.717, 1.165) is 23.4 Å². The van der Waals surface area contributed by atoms with Crippen LogP contribution in [0.2, 0.25) is 0 Å². The van der Waals surface area contributed by atoms with Crippen LogP contribution in [-0.2, 0) is 23.9 Å². The molecular weight excluding hydrogens is 447 g/mol. The van der Waals surface area contributed by atoms with E-state index >= 15 is 0 Å². The summed E-state index contributed by atoms with van der Waals surface area (Å²) >= 11 is 0. The summed E-state index contributed by atoms with van der Waals surface area (Å²) in [7, 11) is 0. The van der Waals surface area contributed by atoms with Crippen molar-refractivity contribution in [2.24, 2.45) is 0 Å². The molecule has 0 fully saturated rings. The second kappa shape index (κ2) is 9.98. The molecule has 5 N–H and O–H groups in total. The maximum Gasteiger partial charge on any atom is 0.416 e. The molecule has 0 aliphatic heterocycles. The number of nitrogens with zero attached hydrogens (tertiary/aromatic N) is 1. The summed E-state index contributed by atoms with van der Waals surface area (Å²) in [5.74, 6) is -0.718. The van der Waals surface area contributed by atoms with Crippen LogP contribution in [0.15, 0.2) is 42.5 Å². The SMILES string of the molecule is Cc1cc(C)c(C(=O)N[C@@H](Cc2cccc(C(F)(F)F)c2)C(=O)NCc2ccc(N)nc2C)[nH]1. The summed E-state index contributed by atoms with van der Waals surface area (Å²) in [6, 6.07) is 8.70. The zero-order valence-corrected chi connectivity index (χ0v) is 19.0. The third kappa shape index (κ3) is 6.15. The molecule has 1 aromatic carbocycles. The van der Waals surface area contributed by atoms with E-state index in [4.69, 9.17) is 5.73 Å². The van der Waals surface area contributed by atoms with Gasteiger partial charge in [-0.15, -0.1) is 0 Å². The highest BCUT2D eigenvalue weighted by atomic mass is 19.4. The van der Waals surface area contributed by atoms with Crippen molar-refractivity contribution in [1.29, 1.82) is 0 Å². The van der Waals surface area contributed by atoms with E-state index in [1.54, 1.807) is 39.0 Å². The fraction of sp³-hybridized carbons (Fsp3) is 0.292. The Balaban J connectivity index is 1.82. The molecule has 0 radical (unpaired) electrons. The number of H-pyrrole nitrogens is 1. The summed E-state index contributed by atoms with van der Waals surface area (Å²) in [5.41, 5.74) is 8.21. The molecule has 3 rings (SSSR count). The van der Waals surface area contributed by atoms with Gasteiger partial charge in [0.1, 0.15) is 17.6 Å². The van der Waals surface area contributed by atoms with E-state index in [0.29, 0.717) is 17.1 Å². The Morgan fingerprint density at radius 3 is 2.47 bits per heavy atom. The molecule has 1 atom stereocenters. The summed E-state index contributed by atoms with van der Waals surface area (Å²) in [5, 5.41) is 5.39. The van der Waals surface area contributed by atoms with E-state index in [9.17, 15) is 22.8 Å². The molecule has 2 heterocycles. The number of hydrogen-bond donors (Lipinski definition) is 4. The number of aromatic nitrogens is 2. The average Bonchev–Trinajstić information content (AvgIpc) is 3.10. The maximum absolute atomic E-state index is 13.1. The molecule has 0 saturated carbocycles. The van der Waals surface area contributed by atoms with E-state index in [1.165, 1.54) is 12.1 Å². The molecule has 2 aromatic heterocycles. The van der Waals surface area contributed by atoms with Crippen LogP contribution in [0.25, 0.3) is 0 Å². The average molecular weight is 473 g/mol. The van der Waals surface area contributed by atoms with Gasteiger partial charge in [0.2, 0.25) is 5.91 Å². The molecule has 7 nitrogen and oxygen atoms in total. The van der Waals surface area contributed by atoms with Gasteiger partial charge in [0.25, 0.3) is 5.91 Å².